The van der Waals surface area contributed by atoms with E-state index in [1.54, 1.807) is 24.3 Å². The van der Waals surface area contributed by atoms with Gasteiger partial charge >= 0.3 is 26.6 Å². The predicted octanol–water partition coefficient (Wildman–Crippen LogP) is 2.08. The van der Waals surface area contributed by atoms with Crippen LogP contribution in [0.2, 0.25) is 0 Å². The van der Waals surface area contributed by atoms with Gasteiger partial charge < -0.3 is 40.6 Å². The number of alkyl halides is 6. The number of hydrogen-bond donors (Lipinski definition) is 6. The minimum absolute atomic E-state index is 0.0164. The highest BCUT2D eigenvalue weighted by Gasteiger charge is 2.43. The van der Waals surface area contributed by atoms with Crippen molar-refractivity contribution in [2.45, 2.75) is 12.4 Å². The van der Waals surface area contributed by atoms with Crippen LogP contribution >= 0.6 is 35.1 Å². The van der Waals surface area contributed by atoms with Crippen LogP contribution in [-0.2, 0) is 19.1 Å². The molecule has 7 N–H and O–H groups in total. The number of ether oxygens (including phenoxy) is 2. The van der Waals surface area contributed by atoms with Crippen LogP contribution in [-0.4, -0.2) is 82.6 Å². The Kier molecular flexibility index (Phi) is 14.5. The molecule has 0 bridgehead atoms. The molecule has 0 spiro atoms. The van der Waals surface area contributed by atoms with Crippen LogP contribution in [0.4, 0.5) is 37.7 Å². The number of anilines is 2. The fourth-order valence-electron chi connectivity index (χ4n) is 3.33. The molecule has 0 radical (unpaired) electrons. The van der Waals surface area contributed by atoms with Crippen molar-refractivity contribution >= 4 is 82.8 Å². The lowest BCUT2D eigenvalue weighted by Crippen LogP contribution is -2.34. The fraction of sp³-hybridized carbons (Fsp3) is 0.250. The Morgan fingerprint density at radius 3 is 1.64 bits per heavy atom. The van der Waals surface area contributed by atoms with E-state index in [1.807, 2.05) is 0 Å². The smallest absolute Gasteiger partial charge is 0.487 e. The Balaban J connectivity index is 0.000000259. The Bertz CT molecular complexity index is 1410. The van der Waals surface area contributed by atoms with Gasteiger partial charge in [-0.1, -0.05) is 36.4 Å². The second-order valence-electron chi connectivity index (χ2n) is 8.40. The molecule has 2 heterocycles. The Hall–Kier alpha value is -3.00. The van der Waals surface area contributed by atoms with Crippen LogP contribution in [0.5, 0.6) is 0 Å². The van der Waals surface area contributed by atoms with Crippen LogP contribution in [0.15, 0.2) is 69.9 Å². The molecule has 2 aromatic rings. The summed E-state index contributed by atoms with van der Waals surface area (Å²) in [5, 5.41) is 36.9. The molecule has 10 nitrogen and oxygen atoms in total. The van der Waals surface area contributed by atoms with E-state index in [1.165, 1.54) is 24.3 Å². The van der Waals surface area contributed by atoms with E-state index >= 15 is 0 Å². The summed E-state index contributed by atoms with van der Waals surface area (Å²) in [7, 11) is -3.33. The molecule has 1 amide bonds. The number of hydrogen-bond acceptors (Lipinski definition) is 11. The lowest BCUT2D eigenvalue weighted by Gasteiger charge is -2.22. The van der Waals surface area contributed by atoms with Crippen molar-refractivity contribution in [3.05, 3.63) is 69.9 Å². The van der Waals surface area contributed by atoms with Gasteiger partial charge in [-0.05, 0) is 23.7 Å². The van der Waals surface area contributed by atoms with Gasteiger partial charge in [0, 0.05) is 33.8 Å². The highest BCUT2D eigenvalue weighted by atomic mass is 35.5. The first-order valence-corrected chi connectivity index (χ1v) is 14.6. The van der Waals surface area contributed by atoms with Crippen LogP contribution < -0.4 is 22.0 Å². The van der Waals surface area contributed by atoms with Gasteiger partial charge in [0.05, 0.1) is 13.2 Å². The number of nitrogens with two attached hydrogens (primary N) is 1. The minimum atomic E-state index is -4.77. The van der Waals surface area contributed by atoms with Crippen LogP contribution in [0, 0.1) is 0 Å². The van der Waals surface area contributed by atoms with Gasteiger partial charge in [0.15, 0.2) is 0 Å². The third kappa shape index (κ3) is 11.7. The standard InChI is InChI=1S/C12H11BF3NO4S.C6H8BNO2.C6H4ClF3O2S/c14-12(15,16)10-9(22-6-5-21-10)11(18)17-8-4-2-1-3-7(8)13(19)20;8-6-4-2-1-3-5(6)7(9)10;7-5(11)3-4(6(8,9)10)12-1-2-13-3/h1-4,19-20H,5-6H2,(H,17,18);1-4,9-10H,8H2;1-2H2. The first-order chi connectivity index (χ1) is 20.9. The zero-order valence-electron chi connectivity index (χ0n) is 22.6. The van der Waals surface area contributed by atoms with Crippen molar-refractivity contribution in [2.24, 2.45) is 0 Å². The molecule has 0 unspecified atom stereocenters. The topological polar surface area (TPSA) is 172 Å². The van der Waals surface area contributed by atoms with Crippen molar-refractivity contribution in [2.75, 3.05) is 35.8 Å². The molecule has 2 aliphatic rings. The summed E-state index contributed by atoms with van der Waals surface area (Å²) in [5.74, 6) is -3.10. The van der Waals surface area contributed by atoms with Gasteiger partial charge in [0.25, 0.3) is 11.1 Å². The monoisotopic (exact) mass is 702 g/mol. The van der Waals surface area contributed by atoms with Crippen LogP contribution in [0.1, 0.15) is 0 Å². The lowest BCUT2D eigenvalue weighted by atomic mass is 9.79. The summed E-state index contributed by atoms with van der Waals surface area (Å²) in [4.78, 5) is 21.5. The maximum Gasteiger partial charge on any atom is 0.490 e. The molecule has 2 aromatic carbocycles. The third-order valence-electron chi connectivity index (χ3n) is 5.23. The molecule has 244 valence electrons. The predicted molar refractivity (Wildman–Crippen MR) is 159 cm³/mol. The number of rotatable bonds is 5. The molecule has 0 fully saturated rings. The molecule has 0 saturated carbocycles. The fourth-order valence-corrected chi connectivity index (χ4v) is 5.23. The number of amides is 1. The van der Waals surface area contributed by atoms with Crippen molar-refractivity contribution in [1.82, 2.24) is 0 Å². The van der Waals surface area contributed by atoms with Gasteiger partial charge in [-0.25, -0.2) is 0 Å². The second kappa shape index (κ2) is 17.1. The molecule has 0 aromatic heterocycles. The molecule has 0 aliphatic carbocycles. The van der Waals surface area contributed by atoms with Gasteiger partial charge in [-0.2, -0.15) is 26.3 Å². The normalized spacial score (nSPS) is 14.9. The maximum absolute atomic E-state index is 12.8. The molecule has 4 rings (SSSR count). The first kappa shape index (κ1) is 38.2. The quantitative estimate of drug-likeness (QED) is 0.117. The van der Waals surface area contributed by atoms with Gasteiger partial charge in [-0.3, -0.25) is 9.59 Å². The number of carbonyl (C=O) groups is 2. The van der Waals surface area contributed by atoms with Gasteiger partial charge in [0.2, 0.25) is 11.5 Å². The van der Waals surface area contributed by atoms with Crippen molar-refractivity contribution in [3.63, 3.8) is 0 Å². The average molecular weight is 703 g/mol. The summed E-state index contributed by atoms with van der Waals surface area (Å²) in [6.07, 6.45) is -9.41. The Morgan fingerprint density at radius 2 is 1.22 bits per heavy atom. The van der Waals surface area contributed by atoms with Gasteiger partial charge in [-0.15, -0.1) is 23.5 Å². The molecule has 45 heavy (non-hydrogen) atoms. The highest BCUT2D eigenvalue weighted by Crippen LogP contribution is 2.38. The summed E-state index contributed by atoms with van der Waals surface area (Å²) in [5.41, 5.74) is 6.15. The Labute approximate surface area is 265 Å². The SMILES string of the molecule is Nc1ccccc1B(O)O.O=C(Cl)C1=C(C(F)(F)F)OCCS1.O=C(Nc1ccccc1B(O)O)C1=C(C(F)(F)F)OCCS1. The van der Waals surface area contributed by atoms with E-state index in [0.717, 1.165) is 23.5 Å². The molecule has 0 saturated heterocycles. The van der Waals surface area contributed by atoms with E-state index in [4.69, 9.17) is 27.4 Å². The van der Waals surface area contributed by atoms with Crippen molar-refractivity contribution in [1.29, 1.82) is 0 Å². The van der Waals surface area contributed by atoms with Crippen LogP contribution in [0.3, 0.4) is 0 Å². The summed E-state index contributed by atoms with van der Waals surface area (Å²) >= 11 is 6.46. The molecule has 2 aliphatic heterocycles. The molecule has 21 heteroatoms. The van der Waals surface area contributed by atoms with Gasteiger partial charge in [0.1, 0.15) is 9.81 Å². The minimum Gasteiger partial charge on any atom is -0.487 e. The summed E-state index contributed by atoms with van der Waals surface area (Å²) in [6, 6.07) is 12.3. The van der Waals surface area contributed by atoms with E-state index in [0.29, 0.717) is 16.9 Å². The zero-order valence-corrected chi connectivity index (χ0v) is 25.0. The van der Waals surface area contributed by atoms with E-state index in [2.05, 4.69) is 14.8 Å². The van der Waals surface area contributed by atoms with E-state index in [9.17, 15) is 46.0 Å². The van der Waals surface area contributed by atoms with E-state index < -0.39 is 59.1 Å². The Morgan fingerprint density at radius 1 is 0.778 bits per heavy atom. The number of benzene rings is 2. The summed E-state index contributed by atoms with van der Waals surface area (Å²) in [6.45, 7) is -0.199. The number of nitrogens with one attached hydrogen (secondary N) is 1. The third-order valence-corrected chi connectivity index (χ3v) is 7.59. The first-order valence-electron chi connectivity index (χ1n) is 12.3. The van der Waals surface area contributed by atoms with Crippen molar-refractivity contribution in [3.8, 4) is 0 Å². The number of carbonyl (C=O) groups excluding carboxylic acids is 2. The number of halogens is 7. The largest absolute Gasteiger partial charge is 0.490 e. The van der Waals surface area contributed by atoms with Crippen LogP contribution in [0.25, 0.3) is 0 Å². The lowest BCUT2D eigenvalue weighted by molar-refractivity contribution is -0.133. The van der Waals surface area contributed by atoms with E-state index in [-0.39, 0.29) is 30.1 Å². The molecular formula is C24H23B2ClF6N2O8S2. The van der Waals surface area contributed by atoms with Crippen molar-refractivity contribution < 1.29 is 65.5 Å². The zero-order chi connectivity index (χ0) is 33.9. The molecule has 0 atom stereocenters. The molecular weight excluding hydrogens is 679 g/mol. The number of allylic oxidation sites excluding steroid dienone is 3. The number of nitrogen functional groups attached to an aromatic ring is 1. The summed E-state index contributed by atoms with van der Waals surface area (Å²) < 4.78 is 83.9. The second-order valence-corrected chi connectivity index (χ2v) is 11.0. The average Bonchev–Trinajstić information content (AvgIpc) is 2.97. The number of para-hydroxylation sites is 2. The maximum atomic E-state index is 12.8. The number of thioether (sulfide) groups is 2. The highest BCUT2D eigenvalue weighted by molar-refractivity contribution is 8.04.